The average molecular weight is 120 g/mol. The van der Waals surface area contributed by atoms with Crippen molar-refractivity contribution in [3.8, 4) is 0 Å². The van der Waals surface area contributed by atoms with E-state index in [4.69, 9.17) is 0 Å². The summed E-state index contributed by atoms with van der Waals surface area (Å²) in [6.07, 6.45) is 6.31. The molecule has 48 valence electrons. The van der Waals surface area contributed by atoms with Crippen LogP contribution in [0.4, 0.5) is 0 Å². The van der Waals surface area contributed by atoms with Gasteiger partial charge >= 0.3 is 0 Å². The fourth-order valence-corrected chi connectivity index (χ4v) is 1.04. The number of hydrogen-bond donors (Lipinski definition) is 0. The van der Waals surface area contributed by atoms with Crippen LogP contribution in [0, 0.1) is 5.92 Å². The Balaban J connectivity index is 2.86. The zero-order chi connectivity index (χ0) is 6.85. The monoisotopic (exact) mass is 120 g/mol. The first-order chi connectivity index (χ1) is 4.25. The maximum atomic E-state index is 3.74. The number of rotatable bonds is 1. The van der Waals surface area contributed by atoms with Gasteiger partial charge in [0, 0.05) is 5.92 Å². The van der Waals surface area contributed by atoms with Crippen molar-refractivity contribution in [1.29, 1.82) is 0 Å². The Labute approximate surface area is 56.6 Å². The highest BCUT2D eigenvalue weighted by Crippen LogP contribution is 2.24. The standard InChI is InChI=1S/C9H12/c1-4-9-6-5-7(2)8(9)3/h4-6,9H,1H2,2-3H3. The molecule has 0 aromatic heterocycles. The first kappa shape index (κ1) is 6.34. The second-order valence-electron chi connectivity index (χ2n) is 2.49. The molecule has 0 saturated carbocycles. The Morgan fingerprint density at radius 3 is 2.44 bits per heavy atom. The van der Waals surface area contributed by atoms with Crippen LogP contribution in [0.2, 0.25) is 0 Å². The molecule has 0 heterocycles. The van der Waals surface area contributed by atoms with Crippen molar-refractivity contribution in [2.24, 2.45) is 5.92 Å². The fourth-order valence-electron chi connectivity index (χ4n) is 1.04. The molecule has 1 rings (SSSR count). The predicted molar refractivity (Wildman–Crippen MR) is 41.2 cm³/mol. The highest BCUT2D eigenvalue weighted by molar-refractivity contribution is 5.36. The molecule has 1 aliphatic carbocycles. The maximum absolute atomic E-state index is 3.74. The first-order valence-electron chi connectivity index (χ1n) is 3.24. The van der Waals surface area contributed by atoms with Crippen LogP contribution < -0.4 is 0 Å². The molecule has 9 heavy (non-hydrogen) atoms. The molecule has 0 aromatic rings. The summed E-state index contributed by atoms with van der Waals surface area (Å²) >= 11 is 0. The van der Waals surface area contributed by atoms with Gasteiger partial charge in [-0.1, -0.05) is 29.4 Å². The average Bonchev–Trinajstić information content (AvgIpc) is 2.15. The Hall–Kier alpha value is -0.780. The lowest BCUT2D eigenvalue weighted by molar-refractivity contribution is 0.985. The van der Waals surface area contributed by atoms with Gasteiger partial charge in [0.25, 0.3) is 0 Å². The number of allylic oxidation sites excluding steroid dienone is 5. The maximum Gasteiger partial charge on any atom is 0.0160 e. The van der Waals surface area contributed by atoms with Crippen LogP contribution in [-0.4, -0.2) is 0 Å². The second-order valence-corrected chi connectivity index (χ2v) is 2.49. The van der Waals surface area contributed by atoms with E-state index in [9.17, 15) is 0 Å². The molecule has 0 fully saturated rings. The van der Waals surface area contributed by atoms with Gasteiger partial charge in [0.15, 0.2) is 0 Å². The Morgan fingerprint density at radius 2 is 2.22 bits per heavy atom. The van der Waals surface area contributed by atoms with E-state index in [0.717, 1.165) is 0 Å². The SMILES string of the molecule is C=CC1C=CC(C)=C1C. The van der Waals surface area contributed by atoms with Crippen molar-refractivity contribution in [2.75, 3.05) is 0 Å². The lowest BCUT2D eigenvalue weighted by atomic mass is 10.0. The molecule has 0 spiro atoms. The highest BCUT2D eigenvalue weighted by Gasteiger charge is 2.08. The lowest BCUT2D eigenvalue weighted by Crippen LogP contribution is -1.88. The molecule has 0 N–H and O–H groups in total. The highest BCUT2D eigenvalue weighted by atomic mass is 14.1. The minimum atomic E-state index is 0.505. The summed E-state index contributed by atoms with van der Waals surface area (Å²) in [5.41, 5.74) is 2.82. The molecule has 0 bridgehead atoms. The summed E-state index contributed by atoms with van der Waals surface area (Å²) in [7, 11) is 0. The van der Waals surface area contributed by atoms with Crippen LogP contribution in [0.1, 0.15) is 13.8 Å². The molecule has 0 amide bonds. The number of hydrogen-bond acceptors (Lipinski definition) is 0. The fraction of sp³-hybridized carbons (Fsp3) is 0.333. The molecule has 1 unspecified atom stereocenters. The molecule has 0 nitrogen and oxygen atoms in total. The third kappa shape index (κ3) is 0.973. The molecule has 1 aliphatic rings. The van der Waals surface area contributed by atoms with E-state index >= 15 is 0 Å². The first-order valence-corrected chi connectivity index (χ1v) is 3.24. The molecule has 0 heteroatoms. The van der Waals surface area contributed by atoms with Gasteiger partial charge < -0.3 is 0 Å². The van der Waals surface area contributed by atoms with Crippen molar-refractivity contribution in [3.05, 3.63) is 36.0 Å². The zero-order valence-corrected chi connectivity index (χ0v) is 6.02. The summed E-state index contributed by atoms with van der Waals surface area (Å²) < 4.78 is 0. The lowest BCUT2D eigenvalue weighted by Gasteiger charge is -2.01. The van der Waals surface area contributed by atoms with Gasteiger partial charge in [-0.25, -0.2) is 0 Å². The molecule has 0 radical (unpaired) electrons. The zero-order valence-electron chi connectivity index (χ0n) is 6.02. The van der Waals surface area contributed by atoms with Crippen LogP contribution in [-0.2, 0) is 0 Å². The van der Waals surface area contributed by atoms with Crippen LogP contribution in [0.3, 0.4) is 0 Å². The topological polar surface area (TPSA) is 0 Å². The Morgan fingerprint density at radius 1 is 1.56 bits per heavy atom. The van der Waals surface area contributed by atoms with Gasteiger partial charge in [-0.15, -0.1) is 6.58 Å². The smallest absolute Gasteiger partial charge is 0.0160 e. The molecular weight excluding hydrogens is 108 g/mol. The van der Waals surface area contributed by atoms with E-state index in [1.54, 1.807) is 0 Å². The van der Waals surface area contributed by atoms with Crippen molar-refractivity contribution in [1.82, 2.24) is 0 Å². The molecular formula is C9H12. The van der Waals surface area contributed by atoms with E-state index in [2.05, 4.69) is 32.6 Å². The van der Waals surface area contributed by atoms with Crippen molar-refractivity contribution >= 4 is 0 Å². The molecule has 0 aliphatic heterocycles. The van der Waals surface area contributed by atoms with Gasteiger partial charge in [0.2, 0.25) is 0 Å². The summed E-state index contributed by atoms with van der Waals surface area (Å²) in [5.74, 6) is 0.505. The van der Waals surface area contributed by atoms with Crippen LogP contribution in [0.15, 0.2) is 36.0 Å². The summed E-state index contributed by atoms with van der Waals surface area (Å²) in [6.45, 7) is 8.03. The third-order valence-corrected chi connectivity index (χ3v) is 1.93. The normalized spacial score (nSPS) is 25.3. The van der Waals surface area contributed by atoms with E-state index < -0.39 is 0 Å². The minimum absolute atomic E-state index is 0.505. The molecule has 0 saturated heterocycles. The summed E-state index contributed by atoms with van der Waals surface area (Å²) in [6, 6.07) is 0. The Bertz CT molecular complexity index is 182. The van der Waals surface area contributed by atoms with E-state index in [-0.39, 0.29) is 0 Å². The predicted octanol–water partition coefficient (Wildman–Crippen LogP) is 2.69. The van der Waals surface area contributed by atoms with E-state index in [1.807, 2.05) is 6.08 Å². The second kappa shape index (κ2) is 2.22. The molecule has 1 atom stereocenters. The summed E-state index contributed by atoms with van der Waals surface area (Å²) in [4.78, 5) is 0. The van der Waals surface area contributed by atoms with Crippen LogP contribution in [0.25, 0.3) is 0 Å². The van der Waals surface area contributed by atoms with Gasteiger partial charge in [-0.05, 0) is 13.8 Å². The van der Waals surface area contributed by atoms with E-state index in [1.165, 1.54) is 11.1 Å². The van der Waals surface area contributed by atoms with Gasteiger partial charge in [-0.2, -0.15) is 0 Å². The largest absolute Gasteiger partial charge is 0.102 e. The van der Waals surface area contributed by atoms with E-state index in [0.29, 0.717) is 5.92 Å². The van der Waals surface area contributed by atoms with Crippen molar-refractivity contribution < 1.29 is 0 Å². The quantitative estimate of drug-likeness (QED) is 0.467. The van der Waals surface area contributed by atoms with Gasteiger partial charge in [0.1, 0.15) is 0 Å². The van der Waals surface area contributed by atoms with Crippen molar-refractivity contribution in [3.63, 3.8) is 0 Å². The minimum Gasteiger partial charge on any atom is -0.102 e. The van der Waals surface area contributed by atoms with Crippen molar-refractivity contribution in [2.45, 2.75) is 13.8 Å². The van der Waals surface area contributed by atoms with Gasteiger partial charge in [0.05, 0.1) is 0 Å². The third-order valence-electron chi connectivity index (χ3n) is 1.93. The van der Waals surface area contributed by atoms with Gasteiger partial charge in [-0.3, -0.25) is 0 Å². The Kier molecular flexibility index (Phi) is 1.56. The summed E-state index contributed by atoms with van der Waals surface area (Å²) in [5, 5.41) is 0. The molecule has 0 aromatic carbocycles. The van der Waals surface area contributed by atoms with Crippen LogP contribution >= 0.6 is 0 Å². The van der Waals surface area contributed by atoms with Crippen LogP contribution in [0.5, 0.6) is 0 Å².